The zero-order chi connectivity index (χ0) is 8.97. The largest absolute Gasteiger partial charge is 1.00 e. The van der Waals surface area contributed by atoms with Gasteiger partial charge in [0, 0.05) is 0 Å². The van der Waals surface area contributed by atoms with Gasteiger partial charge in [-0.15, -0.1) is 0 Å². The van der Waals surface area contributed by atoms with E-state index in [9.17, 15) is 0 Å². The molecule has 0 nitrogen and oxygen atoms in total. The van der Waals surface area contributed by atoms with Crippen LogP contribution in [0.5, 0.6) is 0 Å². The smallest absolute Gasteiger partial charge is 0.0628 e. The summed E-state index contributed by atoms with van der Waals surface area (Å²) in [5.41, 5.74) is 2.93. The van der Waals surface area contributed by atoms with Crippen molar-refractivity contribution < 1.29 is 1.43 Å². The normalized spacial score (nSPS) is 10.7. The highest BCUT2D eigenvalue weighted by atomic mass is 14.0. The molecule has 0 aromatic heterocycles. The van der Waals surface area contributed by atoms with Crippen LogP contribution >= 0.6 is 0 Å². The Morgan fingerprint density at radius 2 is 1.92 bits per heavy atom. The number of aryl methyl sites for hydroxylation is 2. The van der Waals surface area contributed by atoms with Gasteiger partial charge in [0.25, 0.3) is 0 Å². The van der Waals surface area contributed by atoms with E-state index < -0.39 is 0 Å². The van der Waals surface area contributed by atoms with E-state index in [0.29, 0.717) is 0 Å². The third-order valence-corrected chi connectivity index (χ3v) is 2.25. The van der Waals surface area contributed by atoms with Crippen molar-refractivity contribution in [3.63, 3.8) is 0 Å². The van der Waals surface area contributed by atoms with Crippen LogP contribution in [0.3, 0.4) is 0 Å². The molecule has 0 spiro atoms. The highest BCUT2D eigenvalue weighted by molar-refractivity contribution is 5.25. The maximum atomic E-state index is 2.28. The molecule has 1 aromatic rings. The number of benzene rings is 1. The van der Waals surface area contributed by atoms with Crippen molar-refractivity contribution in [3.8, 4) is 0 Å². The van der Waals surface area contributed by atoms with Crippen LogP contribution in [0.4, 0.5) is 0 Å². The quantitative estimate of drug-likeness (QED) is 0.637. The first-order chi connectivity index (χ1) is 5.70. The Kier molecular flexibility index (Phi) is 3.33. The summed E-state index contributed by atoms with van der Waals surface area (Å²) in [7, 11) is 0. The second-order valence-electron chi connectivity index (χ2n) is 3.86. The summed E-state index contributed by atoms with van der Waals surface area (Å²) in [4.78, 5) is 0. The summed E-state index contributed by atoms with van der Waals surface area (Å²) in [5, 5.41) is 0. The van der Waals surface area contributed by atoms with Crippen LogP contribution in [0.1, 0.15) is 32.8 Å². The Morgan fingerprint density at radius 3 is 2.50 bits per heavy atom. The molecule has 0 saturated carbocycles. The zero-order valence-electron chi connectivity index (χ0n) is 9.30. The minimum atomic E-state index is 0. The minimum Gasteiger partial charge on any atom is -0.0628 e. The lowest BCUT2D eigenvalue weighted by atomic mass is 9.99. The van der Waals surface area contributed by atoms with Crippen molar-refractivity contribution in [2.24, 2.45) is 5.92 Å². The number of rotatable bonds is 3. The lowest BCUT2D eigenvalue weighted by Gasteiger charge is -2.06. The molecule has 0 saturated heterocycles. The fourth-order valence-electron chi connectivity index (χ4n) is 1.33. The molecule has 0 heteroatoms. The Labute approximate surface area is 77.1 Å². The first-order valence-corrected chi connectivity index (χ1v) is 4.74. The van der Waals surface area contributed by atoms with E-state index in [4.69, 9.17) is 0 Å². The van der Waals surface area contributed by atoms with Gasteiger partial charge in [-0.05, 0) is 36.8 Å². The second-order valence-corrected chi connectivity index (χ2v) is 3.86. The van der Waals surface area contributed by atoms with Crippen LogP contribution in [0.15, 0.2) is 24.3 Å². The van der Waals surface area contributed by atoms with Crippen LogP contribution in [-0.4, -0.2) is 0 Å². The van der Waals surface area contributed by atoms with Gasteiger partial charge < -0.3 is 0 Å². The molecular weight excluding hydrogens is 144 g/mol. The van der Waals surface area contributed by atoms with Gasteiger partial charge in [-0.1, -0.05) is 38.1 Å². The third-order valence-electron chi connectivity index (χ3n) is 2.25. The van der Waals surface area contributed by atoms with Gasteiger partial charge in [-0.2, -0.15) is 0 Å². The Hall–Kier alpha value is -0.780. The molecule has 0 heterocycles. The molecule has 0 radical (unpaired) electrons. The summed E-state index contributed by atoms with van der Waals surface area (Å²) in [6.45, 7) is 6.74. The van der Waals surface area contributed by atoms with E-state index in [1.165, 1.54) is 24.0 Å². The molecule has 0 bridgehead atoms. The van der Waals surface area contributed by atoms with Gasteiger partial charge in [0.1, 0.15) is 0 Å². The number of hydrogen-bond donors (Lipinski definition) is 0. The van der Waals surface area contributed by atoms with Crippen LogP contribution in [0.25, 0.3) is 0 Å². The van der Waals surface area contributed by atoms with E-state index in [2.05, 4.69) is 45.0 Å². The summed E-state index contributed by atoms with van der Waals surface area (Å²) in [6, 6.07) is 8.66. The van der Waals surface area contributed by atoms with Crippen molar-refractivity contribution in [1.82, 2.24) is 0 Å². The highest BCUT2D eigenvalue weighted by Gasteiger charge is 1.98. The fraction of sp³-hybridized carbons (Fsp3) is 0.500. The van der Waals surface area contributed by atoms with E-state index in [0.717, 1.165) is 5.92 Å². The average molecular weight is 163 g/mol. The minimum absolute atomic E-state index is 0. The number of hydrogen-bond acceptors (Lipinski definition) is 0. The monoisotopic (exact) mass is 163 g/mol. The SMILES string of the molecule is Cc1ccccc1CCC(C)C.[H+]. The van der Waals surface area contributed by atoms with Crippen LogP contribution in [-0.2, 0) is 6.42 Å². The van der Waals surface area contributed by atoms with Gasteiger partial charge in [0.2, 0.25) is 0 Å². The Morgan fingerprint density at radius 1 is 1.25 bits per heavy atom. The van der Waals surface area contributed by atoms with E-state index in [-0.39, 0.29) is 1.43 Å². The standard InChI is InChI=1S/C12H18/c1-10(2)8-9-12-7-5-4-6-11(12)3/h4-7,10H,8-9H2,1-3H3/p+1. The molecule has 12 heavy (non-hydrogen) atoms. The van der Waals surface area contributed by atoms with E-state index >= 15 is 0 Å². The van der Waals surface area contributed by atoms with Crippen molar-refractivity contribution in [3.05, 3.63) is 35.4 Å². The summed E-state index contributed by atoms with van der Waals surface area (Å²) in [6.07, 6.45) is 2.52. The molecular formula is C12H19+. The molecule has 0 N–H and O–H groups in total. The predicted octanol–water partition coefficient (Wildman–Crippen LogP) is 3.70. The van der Waals surface area contributed by atoms with E-state index in [1.807, 2.05) is 0 Å². The van der Waals surface area contributed by atoms with Gasteiger partial charge >= 0.3 is 1.43 Å². The third kappa shape index (κ3) is 2.69. The first-order valence-electron chi connectivity index (χ1n) is 4.74. The van der Waals surface area contributed by atoms with Gasteiger partial charge in [-0.25, -0.2) is 0 Å². The predicted molar refractivity (Wildman–Crippen MR) is 55.5 cm³/mol. The molecule has 0 aliphatic rings. The van der Waals surface area contributed by atoms with Gasteiger partial charge in [0.05, 0.1) is 0 Å². The summed E-state index contributed by atoms with van der Waals surface area (Å²) in [5.74, 6) is 0.810. The van der Waals surface area contributed by atoms with Crippen molar-refractivity contribution in [2.75, 3.05) is 0 Å². The Bertz CT molecular complexity index is 241. The van der Waals surface area contributed by atoms with E-state index in [1.54, 1.807) is 0 Å². The van der Waals surface area contributed by atoms with Crippen molar-refractivity contribution in [2.45, 2.75) is 33.6 Å². The average Bonchev–Trinajstić information content (AvgIpc) is 2.03. The van der Waals surface area contributed by atoms with Gasteiger partial charge in [0.15, 0.2) is 0 Å². The Balaban J connectivity index is 0.00000144. The molecule has 1 aromatic carbocycles. The van der Waals surface area contributed by atoms with Crippen molar-refractivity contribution >= 4 is 0 Å². The fourth-order valence-corrected chi connectivity index (χ4v) is 1.33. The van der Waals surface area contributed by atoms with Crippen LogP contribution < -0.4 is 0 Å². The molecule has 0 fully saturated rings. The molecule has 0 amide bonds. The van der Waals surface area contributed by atoms with Crippen LogP contribution in [0, 0.1) is 12.8 Å². The zero-order valence-corrected chi connectivity index (χ0v) is 8.30. The molecule has 0 atom stereocenters. The van der Waals surface area contributed by atoms with Gasteiger partial charge in [-0.3, -0.25) is 0 Å². The van der Waals surface area contributed by atoms with Crippen LogP contribution in [0.2, 0.25) is 0 Å². The highest BCUT2D eigenvalue weighted by Crippen LogP contribution is 2.12. The lowest BCUT2D eigenvalue weighted by molar-refractivity contribution is 0.586. The summed E-state index contributed by atoms with van der Waals surface area (Å²) >= 11 is 0. The molecule has 0 aliphatic carbocycles. The summed E-state index contributed by atoms with van der Waals surface area (Å²) < 4.78 is 0. The maximum Gasteiger partial charge on any atom is 1.00 e. The molecule has 1 rings (SSSR count). The second kappa shape index (κ2) is 4.30. The molecule has 0 unspecified atom stereocenters. The first kappa shape index (κ1) is 9.31. The molecule has 66 valence electrons. The molecule has 0 aliphatic heterocycles. The van der Waals surface area contributed by atoms with Crippen molar-refractivity contribution in [1.29, 1.82) is 0 Å². The maximum absolute atomic E-state index is 2.28. The lowest BCUT2D eigenvalue weighted by Crippen LogP contribution is -1.93. The topological polar surface area (TPSA) is 0 Å².